The van der Waals surface area contributed by atoms with Gasteiger partial charge in [-0.15, -0.1) is 0 Å². The number of carbonyl (C=O) groups is 1. The summed E-state index contributed by atoms with van der Waals surface area (Å²) in [5.41, 5.74) is 1.86. The van der Waals surface area contributed by atoms with Crippen molar-refractivity contribution in [2.24, 2.45) is 0 Å². The van der Waals surface area contributed by atoms with E-state index in [0.717, 1.165) is 17.3 Å². The van der Waals surface area contributed by atoms with E-state index in [2.05, 4.69) is 38.4 Å². The average Bonchev–Trinajstić information content (AvgIpc) is 2.46. The van der Waals surface area contributed by atoms with Crippen LogP contribution in [0.2, 0.25) is 0 Å². The van der Waals surface area contributed by atoms with Crippen molar-refractivity contribution in [1.29, 1.82) is 0 Å². The van der Waals surface area contributed by atoms with Gasteiger partial charge in [0.2, 0.25) is 0 Å². The maximum absolute atomic E-state index is 12.0. The fraction of sp³-hybridized carbons (Fsp3) is 0.250. The second-order valence-corrected chi connectivity index (χ2v) is 5.71. The molecule has 20 heavy (non-hydrogen) atoms. The van der Waals surface area contributed by atoms with Gasteiger partial charge in [0.1, 0.15) is 0 Å². The fourth-order valence-electron chi connectivity index (χ4n) is 1.94. The van der Waals surface area contributed by atoms with Crippen LogP contribution in [-0.2, 0) is 6.42 Å². The zero-order chi connectivity index (χ0) is 14.4. The summed E-state index contributed by atoms with van der Waals surface area (Å²) in [6.45, 7) is 2.02. The van der Waals surface area contributed by atoms with E-state index in [0.29, 0.717) is 5.56 Å². The summed E-state index contributed by atoms with van der Waals surface area (Å²) >= 11 is 3.32. The Morgan fingerprint density at radius 3 is 2.75 bits per heavy atom. The van der Waals surface area contributed by atoms with Crippen molar-refractivity contribution in [3.63, 3.8) is 0 Å². The van der Waals surface area contributed by atoms with Crippen molar-refractivity contribution in [2.45, 2.75) is 25.8 Å². The van der Waals surface area contributed by atoms with Crippen molar-refractivity contribution >= 4 is 21.8 Å². The Morgan fingerprint density at radius 1 is 1.30 bits per heavy atom. The third kappa shape index (κ3) is 4.46. The Hall–Kier alpha value is -1.68. The van der Waals surface area contributed by atoms with Crippen LogP contribution in [0, 0.1) is 0 Å². The molecule has 1 heterocycles. The Bertz CT molecular complexity index is 572. The van der Waals surface area contributed by atoms with Gasteiger partial charge in [0.05, 0.1) is 5.56 Å². The average molecular weight is 333 g/mol. The van der Waals surface area contributed by atoms with Crippen molar-refractivity contribution in [3.8, 4) is 0 Å². The molecular formula is C16H17BrN2O. The van der Waals surface area contributed by atoms with Crippen molar-refractivity contribution < 1.29 is 4.79 Å². The van der Waals surface area contributed by atoms with E-state index in [1.807, 2.05) is 25.1 Å². The number of pyridine rings is 1. The first-order chi connectivity index (χ1) is 9.65. The zero-order valence-corrected chi connectivity index (χ0v) is 12.9. The molecule has 0 saturated heterocycles. The molecule has 0 radical (unpaired) electrons. The Morgan fingerprint density at radius 2 is 2.05 bits per heavy atom. The lowest BCUT2D eigenvalue weighted by Gasteiger charge is -2.14. The van der Waals surface area contributed by atoms with Gasteiger partial charge in [0.15, 0.2) is 0 Å². The molecule has 2 aromatic rings. The van der Waals surface area contributed by atoms with Gasteiger partial charge in [-0.1, -0.05) is 30.3 Å². The van der Waals surface area contributed by atoms with E-state index >= 15 is 0 Å². The number of aromatic nitrogens is 1. The predicted molar refractivity (Wildman–Crippen MR) is 83.6 cm³/mol. The molecule has 2 rings (SSSR count). The number of benzene rings is 1. The van der Waals surface area contributed by atoms with Crippen molar-refractivity contribution in [2.75, 3.05) is 0 Å². The van der Waals surface area contributed by atoms with Crippen LogP contribution in [0.5, 0.6) is 0 Å². The van der Waals surface area contributed by atoms with Crippen LogP contribution in [0.1, 0.15) is 29.3 Å². The first kappa shape index (κ1) is 14.7. The van der Waals surface area contributed by atoms with Crippen LogP contribution in [0.3, 0.4) is 0 Å². The second kappa shape index (κ2) is 7.20. The number of rotatable bonds is 5. The van der Waals surface area contributed by atoms with Gasteiger partial charge in [-0.3, -0.25) is 9.78 Å². The van der Waals surface area contributed by atoms with Crippen molar-refractivity contribution in [1.82, 2.24) is 10.3 Å². The predicted octanol–water partition coefficient (Wildman–Crippen LogP) is 3.60. The number of hydrogen-bond acceptors (Lipinski definition) is 2. The third-order valence-corrected chi connectivity index (χ3v) is 3.49. The molecule has 0 saturated carbocycles. The van der Waals surface area contributed by atoms with Gasteiger partial charge in [-0.05, 0) is 47.3 Å². The van der Waals surface area contributed by atoms with E-state index in [1.54, 1.807) is 18.5 Å². The van der Waals surface area contributed by atoms with E-state index in [9.17, 15) is 4.79 Å². The molecule has 0 bridgehead atoms. The summed E-state index contributed by atoms with van der Waals surface area (Å²) in [4.78, 5) is 16.0. The number of amides is 1. The SMILES string of the molecule is C[C@@H](CCc1ccccc1)NC(=O)c1cncc(Br)c1. The van der Waals surface area contributed by atoms with Crippen LogP contribution in [0.4, 0.5) is 0 Å². The summed E-state index contributed by atoms with van der Waals surface area (Å²) < 4.78 is 0.807. The number of aryl methyl sites for hydroxylation is 1. The highest BCUT2D eigenvalue weighted by atomic mass is 79.9. The molecule has 4 heteroatoms. The highest BCUT2D eigenvalue weighted by Crippen LogP contribution is 2.10. The molecule has 1 N–H and O–H groups in total. The molecule has 1 atom stereocenters. The Balaban J connectivity index is 1.85. The summed E-state index contributed by atoms with van der Waals surface area (Å²) in [5.74, 6) is -0.0839. The van der Waals surface area contributed by atoms with Gasteiger partial charge in [-0.25, -0.2) is 0 Å². The minimum atomic E-state index is -0.0839. The fourth-order valence-corrected chi connectivity index (χ4v) is 2.31. The molecule has 0 aliphatic carbocycles. The first-order valence-corrected chi connectivity index (χ1v) is 7.40. The summed E-state index contributed by atoms with van der Waals surface area (Å²) in [7, 11) is 0. The smallest absolute Gasteiger partial charge is 0.253 e. The van der Waals surface area contributed by atoms with Gasteiger partial charge >= 0.3 is 0 Å². The molecule has 104 valence electrons. The monoisotopic (exact) mass is 332 g/mol. The highest BCUT2D eigenvalue weighted by molar-refractivity contribution is 9.10. The summed E-state index contributed by atoms with van der Waals surface area (Å²) in [5, 5.41) is 2.99. The Kier molecular flexibility index (Phi) is 5.30. The molecule has 0 spiro atoms. The largest absolute Gasteiger partial charge is 0.350 e. The highest BCUT2D eigenvalue weighted by Gasteiger charge is 2.10. The molecular weight excluding hydrogens is 316 g/mol. The topological polar surface area (TPSA) is 42.0 Å². The molecule has 1 aromatic heterocycles. The molecule has 3 nitrogen and oxygen atoms in total. The van der Waals surface area contributed by atoms with Crippen molar-refractivity contribution in [3.05, 3.63) is 64.4 Å². The number of nitrogens with zero attached hydrogens (tertiary/aromatic N) is 1. The van der Waals surface area contributed by atoms with Gasteiger partial charge in [0, 0.05) is 22.9 Å². The second-order valence-electron chi connectivity index (χ2n) is 4.79. The zero-order valence-electron chi connectivity index (χ0n) is 11.3. The number of halogens is 1. The summed E-state index contributed by atoms with van der Waals surface area (Å²) in [6.07, 6.45) is 5.11. The van der Waals surface area contributed by atoms with Crippen LogP contribution < -0.4 is 5.32 Å². The Labute approximate surface area is 127 Å². The van der Waals surface area contributed by atoms with E-state index in [-0.39, 0.29) is 11.9 Å². The molecule has 1 aromatic carbocycles. The normalized spacial score (nSPS) is 11.9. The van der Waals surface area contributed by atoms with Crippen LogP contribution in [0.25, 0.3) is 0 Å². The lowest BCUT2D eigenvalue weighted by atomic mass is 10.1. The lowest BCUT2D eigenvalue weighted by Crippen LogP contribution is -2.32. The minimum Gasteiger partial charge on any atom is -0.350 e. The molecule has 0 aliphatic heterocycles. The minimum absolute atomic E-state index is 0.0839. The molecule has 1 amide bonds. The van der Waals surface area contributed by atoms with Crippen LogP contribution in [0.15, 0.2) is 53.3 Å². The lowest BCUT2D eigenvalue weighted by molar-refractivity contribution is 0.0938. The quantitative estimate of drug-likeness (QED) is 0.908. The molecule has 0 fully saturated rings. The third-order valence-electron chi connectivity index (χ3n) is 3.05. The number of nitrogens with one attached hydrogen (secondary N) is 1. The van der Waals surface area contributed by atoms with Gasteiger partial charge in [0.25, 0.3) is 5.91 Å². The van der Waals surface area contributed by atoms with E-state index < -0.39 is 0 Å². The maximum atomic E-state index is 12.0. The van der Waals surface area contributed by atoms with E-state index in [1.165, 1.54) is 5.56 Å². The van der Waals surface area contributed by atoms with E-state index in [4.69, 9.17) is 0 Å². The molecule has 0 unspecified atom stereocenters. The van der Waals surface area contributed by atoms with Crippen LogP contribution >= 0.6 is 15.9 Å². The maximum Gasteiger partial charge on any atom is 0.253 e. The van der Waals surface area contributed by atoms with Gasteiger partial charge in [-0.2, -0.15) is 0 Å². The van der Waals surface area contributed by atoms with Gasteiger partial charge < -0.3 is 5.32 Å². The van der Waals surface area contributed by atoms with Crippen LogP contribution in [-0.4, -0.2) is 16.9 Å². The summed E-state index contributed by atoms with van der Waals surface area (Å²) in [6, 6.07) is 12.2. The standard InChI is InChI=1S/C16H17BrN2O/c1-12(7-8-13-5-3-2-4-6-13)19-16(20)14-9-15(17)11-18-10-14/h2-6,9-12H,7-8H2,1H3,(H,19,20)/t12-/m0/s1. The number of hydrogen-bond donors (Lipinski definition) is 1. The number of carbonyl (C=O) groups excluding carboxylic acids is 1. The molecule has 0 aliphatic rings. The first-order valence-electron chi connectivity index (χ1n) is 6.60.